The van der Waals surface area contributed by atoms with Gasteiger partial charge >= 0.3 is 5.97 Å². The van der Waals surface area contributed by atoms with Crippen LogP contribution < -0.4 is 5.32 Å². The number of hydrogen-bond donors (Lipinski definition) is 1. The number of thiophene rings is 1. The van der Waals surface area contributed by atoms with Gasteiger partial charge < -0.3 is 15.0 Å². The maximum atomic E-state index is 12.0. The maximum absolute atomic E-state index is 12.0. The number of ether oxygens (including phenoxy) is 1. The topological polar surface area (TPSA) is 54.5 Å². The van der Waals surface area contributed by atoms with E-state index in [4.69, 9.17) is 17.0 Å². The van der Waals surface area contributed by atoms with Crippen molar-refractivity contribution in [3.63, 3.8) is 0 Å². The van der Waals surface area contributed by atoms with Gasteiger partial charge in [-0.1, -0.05) is 6.07 Å². The first-order valence-electron chi connectivity index (χ1n) is 7.80. The van der Waals surface area contributed by atoms with Crippen LogP contribution in [0, 0.1) is 6.92 Å². The summed E-state index contributed by atoms with van der Waals surface area (Å²) in [6.07, 6.45) is 1.77. The molecule has 0 spiro atoms. The van der Waals surface area contributed by atoms with Crippen molar-refractivity contribution >= 4 is 34.6 Å². The molecule has 1 aliphatic heterocycles. The molecule has 24 heavy (non-hydrogen) atoms. The van der Waals surface area contributed by atoms with Crippen LogP contribution in [0.4, 0.5) is 0 Å². The molecular formula is C17H19N3O2S2. The number of aryl methyl sites for hydroxylation is 1. The normalized spacial score (nSPS) is 20.1. The molecule has 7 heteroatoms. The predicted octanol–water partition coefficient (Wildman–Crippen LogP) is 2.99. The van der Waals surface area contributed by atoms with Gasteiger partial charge in [0.15, 0.2) is 5.11 Å². The van der Waals surface area contributed by atoms with Crippen molar-refractivity contribution in [1.82, 2.24) is 15.2 Å². The molecule has 0 bridgehead atoms. The Morgan fingerprint density at radius 3 is 2.88 bits per heavy atom. The van der Waals surface area contributed by atoms with E-state index in [2.05, 4.69) is 29.4 Å². The van der Waals surface area contributed by atoms with E-state index in [1.54, 1.807) is 24.5 Å². The molecule has 2 aromatic rings. The highest BCUT2D eigenvalue weighted by atomic mass is 32.1. The van der Waals surface area contributed by atoms with Gasteiger partial charge in [-0.3, -0.25) is 9.78 Å². The van der Waals surface area contributed by atoms with Crippen molar-refractivity contribution in [3.8, 4) is 0 Å². The molecule has 5 nitrogen and oxygen atoms in total. The smallest absolute Gasteiger partial charge is 0.325 e. The van der Waals surface area contributed by atoms with Crippen LogP contribution in [-0.2, 0) is 9.53 Å². The quantitative estimate of drug-likeness (QED) is 0.653. The summed E-state index contributed by atoms with van der Waals surface area (Å²) in [6, 6.07) is 9.83. The van der Waals surface area contributed by atoms with E-state index in [0.717, 1.165) is 10.6 Å². The third kappa shape index (κ3) is 3.42. The van der Waals surface area contributed by atoms with Gasteiger partial charge in [0, 0.05) is 16.0 Å². The van der Waals surface area contributed by atoms with E-state index >= 15 is 0 Å². The average molecular weight is 361 g/mol. The fourth-order valence-electron chi connectivity index (χ4n) is 2.84. The molecule has 2 aromatic heterocycles. The number of carbonyl (C=O) groups is 1. The van der Waals surface area contributed by atoms with Crippen LogP contribution in [-0.4, -0.2) is 34.1 Å². The van der Waals surface area contributed by atoms with E-state index in [-0.39, 0.29) is 24.6 Å². The molecule has 0 radical (unpaired) electrons. The molecule has 0 saturated carbocycles. The van der Waals surface area contributed by atoms with Crippen molar-refractivity contribution in [2.24, 2.45) is 0 Å². The first-order valence-corrected chi connectivity index (χ1v) is 9.02. The Bertz CT molecular complexity index is 732. The SMILES string of the molecule is CCOC(=O)CN1C(=S)N[C@@H](c2ccccn2)[C@H]1c1ccc(C)s1. The Morgan fingerprint density at radius 2 is 2.25 bits per heavy atom. The standard InChI is InChI=1S/C17H19N3O2S2/c1-3-22-14(21)10-20-16(13-8-7-11(2)24-13)15(19-17(20)23)12-6-4-5-9-18-12/h4-9,15-16H,3,10H2,1-2H3,(H,19,23)/t15-,16+/m0/s1. The number of pyridine rings is 1. The highest BCUT2D eigenvalue weighted by Crippen LogP contribution is 2.40. The highest BCUT2D eigenvalue weighted by Gasteiger charge is 2.41. The molecule has 0 aliphatic carbocycles. The van der Waals surface area contributed by atoms with Crippen LogP contribution in [0.3, 0.4) is 0 Å². The summed E-state index contributed by atoms with van der Waals surface area (Å²) in [5.41, 5.74) is 0.905. The second-order valence-electron chi connectivity index (χ2n) is 5.51. The Morgan fingerprint density at radius 1 is 1.42 bits per heavy atom. The van der Waals surface area contributed by atoms with Gasteiger partial charge in [0.1, 0.15) is 6.54 Å². The number of nitrogens with one attached hydrogen (secondary N) is 1. The molecule has 0 aromatic carbocycles. The number of aromatic nitrogens is 1. The summed E-state index contributed by atoms with van der Waals surface area (Å²) in [5.74, 6) is -0.276. The number of hydrogen-bond acceptors (Lipinski definition) is 5. The number of thiocarbonyl (C=S) groups is 1. The summed E-state index contributed by atoms with van der Waals surface area (Å²) in [7, 11) is 0. The second kappa shape index (κ2) is 7.27. The van der Waals surface area contributed by atoms with Gasteiger partial charge in [-0.2, -0.15) is 0 Å². The molecule has 0 amide bonds. The summed E-state index contributed by atoms with van der Waals surface area (Å²) in [4.78, 5) is 20.7. The first kappa shape index (κ1) is 16.9. The summed E-state index contributed by atoms with van der Waals surface area (Å²) in [6.45, 7) is 4.36. The molecule has 126 valence electrons. The van der Waals surface area contributed by atoms with Crippen LogP contribution in [0.2, 0.25) is 0 Å². The van der Waals surface area contributed by atoms with E-state index in [1.807, 2.05) is 23.1 Å². The van der Waals surface area contributed by atoms with Crippen molar-refractivity contribution in [3.05, 3.63) is 52.0 Å². The van der Waals surface area contributed by atoms with Crippen LogP contribution in [0.5, 0.6) is 0 Å². The highest BCUT2D eigenvalue weighted by molar-refractivity contribution is 7.80. The zero-order valence-electron chi connectivity index (χ0n) is 13.6. The lowest BCUT2D eigenvalue weighted by atomic mass is 10.0. The van der Waals surface area contributed by atoms with Crippen LogP contribution in [0.15, 0.2) is 36.5 Å². The number of rotatable bonds is 5. The Balaban J connectivity index is 1.95. The number of carbonyl (C=O) groups excluding carboxylic acids is 1. The minimum atomic E-state index is -0.276. The van der Waals surface area contributed by atoms with E-state index in [0.29, 0.717) is 11.7 Å². The number of esters is 1. The zero-order valence-corrected chi connectivity index (χ0v) is 15.2. The van der Waals surface area contributed by atoms with Gasteiger partial charge in [0.25, 0.3) is 0 Å². The second-order valence-corrected chi connectivity index (χ2v) is 7.21. The molecule has 3 heterocycles. The molecule has 1 N–H and O–H groups in total. The zero-order chi connectivity index (χ0) is 17.1. The summed E-state index contributed by atoms with van der Waals surface area (Å²) >= 11 is 7.20. The number of nitrogens with zero attached hydrogens (tertiary/aromatic N) is 2. The van der Waals surface area contributed by atoms with Crippen molar-refractivity contribution in [2.45, 2.75) is 25.9 Å². The fraction of sp³-hybridized carbons (Fsp3) is 0.353. The Kier molecular flexibility index (Phi) is 5.11. The molecular weight excluding hydrogens is 342 g/mol. The van der Waals surface area contributed by atoms with Gasteiger partial charge in [-0.05, 0) is 50.3 Å². The summed E-state index contributed by atoms with van der Waals surface area (Å²) < 4.78 is 5.10. The molecule has 0 unspecified atom stereocenters. The third-order valence-electron chi connectivity index (χ3n) is 3.86. The van der Waals surface area contributed by atoms with Crippen LogP contribution >= 0.6 is 23.6 Å². The minimum absolute atomic E-state index is 0.0736. The van der Waals surface area contributed by atoms with E-state index < -0.39 is 0 Å². The Labute approximate surface area is 150 Å². The van der Waals surface area contributed by atoms with Gasteiger partial charge in [0.05, 0.1) is 24.4 Å². The third-order valence-corrected chi connectivity index (χ3v) is 5.28. The predicted molar refractivity (Wildman–Crippen MR) is 97.8 cm³/mol. The summed E-state index contributed by atoms with van der Waals surface area (Å²) in [5, 5.41) is 3.87. The average Bonchev–Trinajstić information content (AvgIpc) is 3.13. The first-order chi connectivity index (χ1) is 11.6. The van der Waals surface area contributed by atoms with Gasteiger partial charge in [0.2, 0.25) is 0 Å². The lowest BCUT2D eigenvalue weighted by Crippen LogP contribution is -2.35. The molecule has 1 saturated heterocycles. The van der Waals surface area contributed by atoms with E-state index in [1.165, 1.54) is 4.88 Å². The van der Waals surface area contributed by atoms with Gasteiger partial charge in [-0.15, -0.1) is 11.3 Å². The van der Waals surface area contributed by atoms with Crippen molar-refractivity contribution < 1.29 is 9.53 Å². The lowest BCUT2D eigenvalue weighted by molar-refractivity contribution is -0.143. The van der Waals surface area contributed by atoms with Crippen molar-refractivity contribution in [1.29, 1.82) is 0 Å². The molecule has 3 rings (SSSR count). The van der Waals surface area contributed by atoms with Crippen LogP contribution in [0.1, 0.15) is 34.5 Å². The molecule has 1 fully saturated rings. The van der Waals surface area contributed by atoms with Crippen molar-refractivity contribution in [2.75, 3.05) is 13.2 Å². The molecule has 1 aliphatic rings. The largest absolute Gasteiger partial charge is 0.465 e. The lowest BCUT2D eigenvalue weighted by Gasteiger charge is -2.25. The van der Waals surface area contributed by atoms with E-state index in [9.17, 15) is 4.79 Å². The van der Waals surface area contributed by atoms with Crippen LogP contribution in [0.25, 0.3) is 0 Å². The monoisotopic (exact) mass is 361 g/mol. The minimum Gasteiger partial charge on any atom is -0.465 e. The fourth-order valence-corrected chi connectivity index (χ4v) is 4.18. The molecule has 2 atom stereocenters. The maximum Gasteiger partial charge on any atom is 0.325 e. The Hall–Kier alpha value is -1.99. The van der Waals surface area contributed by atoms with Gasteiger partial charge in [-0.25, -0.2) is 0 Å².